The van der Waals surface area contributed by atoms with Gasteiger partial charge in [0.15, 0.2) is 4.90 Å². The van der Waals surface area contributed by atoms with E-state index in [1.165, 1.54) is 6.07 Å². The van der Waals surface area contributed by atoms with Gasteiger partial charge in [0.25, 0.3) is 15.7 Å². The van der Waals surface area contributed by atoms with Crippen molar-refractivity contribution in [3.8, 4) is 11.4 Å². The molecule has 12 nitrogen and oxygen atoms in total. The first-order valence-corrected chi connectivity index (χ1v) is 8.35. The highest BCUT2D eigenvalue weighted by Gasteiger charge is 2.29. The van der Waals surface area contributed by atoms with E-state index in [0.29, 0.717) is 0 Å². The lowest BCUT2D eigenvalue weighted by molar-refractivity contribution is -0.387. The molecule has 3 N–H and O–H groups in total. The lowest BCUT2D eigenvalue weighted by Gasteiger charge is -2.18. The van der Waals surface area contributed by atoms with Crippen LogP contribution in [0, 0.1) is 15.5 Å². The Balaban J connectivity index is 2.37. The molecule has 1 heterocycles. The first kappa shape index (κ1) is 18.4. The second kappa shape index (κ2) is 6.52. The molecule has 134 valence electrons. The van der Waals surface area contributed by atoms with Gasteiger partial charge < -0.3 is 0 Å². The number of hydrogen-bond donors (Lipinski definition) is 3. The topological polar surface area (TPSA) is 173 Å². The first-order valence-electron chi connectivity index (χ1n) is 6.87. The molecule has 0 radical (unpaired) electrons. The normalized spacial score (nSPS) is 12.0. The Morgan fingerprint density at radius 2 is 2.00 bits per heavy atom. The summed E-state index contributed by atoms with van der Waals surface area (Å²) in [6, 6.07) is 3.32. The zero-order valence-corrected chi connectivity index (χ0v) is 14.3. The summed E-state index contributed by atoms with van der Waals surface area (Å²) in [6.45, 7) is 4.75. The molecule has 0 aliphatic heterocycles. The summed E-state index contributed by atoms with van der Waals surface area (Å²) >= 11 is 0. The van der Waals surface area contributed by atoms with Gasteiger partial charge in [-0.1, -0.05) is 20.8 Å². The smallest absolute Gasteiger partial charge is 0.277 e. The zero-order chi connectivity index (χ0) is 18.8. The maximum absolute atomic E-state index is 12.3. The van der Waals surface area contributed by atoms with Crippen molar-refractivity contribution >= 4 is 21.6 Å². The number of nitro groups is 1. The van der Waals surface area contributed by atoms with E-state index in [4.69, 9.17) is 0 Å². The molecule has 0 spiro atoms. The maximum Gasteiger partial charge on any atom is 0.290 e. The summed E-state index contributed by atoms with van der Waals surface area (Å²) in [6.07, 6.45) is 0. The van der Waals surface area contributed by atoms with Crippen molar-refractivity contribution < 1.29 is 18.1 Å². The number of H-pyrrole nitrogens is 1. The minimum atomic E-state index is -4.36. The van der Waals surface area contributed by atoms with Crippen molar-refractivity contribution in [3.05, 3.63) is 28.3 Å². The van der Waals surface area contributed by atoms with Crippen molar-refractivity contribution in [2.45, 2.75) is 25.7 Å². The van der Waals surface area contributed by atoms with Crippen molar-refractivity contribution in [2.75, 3.05) is 0 Å². The van der Waals surface area contributed by atoms with Gasteiger partial charge in [0, 0.05) is 17.0 Å². The highest BCUT2D eigenvalue weighted by atomic mass is 32.2. The molecular formula is C12H15N7O5S. The van der Waals surface area contributed by atoms with Crippen LogP contribution in [-0.4, -0.2) is 39.9 Å². The minimum Gasteiger partial charge on any atom is -0.277 e. The number of amides is 1. The molecule has 0 saturated heterocycles. The Morgan fingerprint density at radius 1 is 1.32 bits per heavy atom. The van der Waals surface area contributed by atoms with Crippen LogP contribution < -0.4 is 10.3 Å². The number of sulfonamides is 1. The maximum atomic E-state index is 12.3. The molecule has 1 amide bonds. The number of aromatic amines is 1. The van der Waals surface area contributed by atoms with Crippen LogP contribution in [0.25, 0.3) is 11.4 Å². The van der Waals surface area contributed by atoms with E-state index in [1.807, 2.05) is 10.3 Å². The van der Waals surface area contributed by atoms with Crippen LogP contribution >= 0.6 is 0 Å². The van der Waals surface area contributed by atoms with E-state index in [0.717, 1.165) is 12.1 Å². The van der Waals surface area contributed by atoms with Crippen molar-refractivity contribution in [1.82, 2.24) is 30.9 Å². The van der Waals surface area contributed by atoms with Gasteiger partial charge in [-0.2, -0.15) is 5.21 Å². The molecule has 0 aliphatic rings. The SMILES string of the molecule is CC(C)(C)C(=O)NNS(=O)(=O)c1ccc(-c2nn[nH]n2)cc1[N+](=O)[O-]. The summed E-state index contributed by atoms with van der Waals surface area (Å²) in [5.74, 6) is -0.525. The third-order valence-electron chi connectivity index (χ3n) is 3.03. The molecule has 2 aromatic rings. The highest BCUT2D eigenvalue weighted by molar-refractivity contribution is 7.89. The molecule has 0 fully saturated rings. The quantitative estimate of drug-likeness (QED) is 0.492. The molecule has 2 rings (SSSR count). The molecule has 1 aromatic carbocycles. The second-order valence-corrected chi connectivity index (χ2v) is 7.64. The number of nitrogens with one attached hydrogen (secondary N) is 3. The minimum absolute atomic E-state index is 0.0704. The van der Waals surface area contributed by atoms with Gasteiger partial charge in [-0.25, -0.2) is 8.42 Å². The van der Waals surface area contributed by atoms with Crippen LogP contribution in [0.5, 0.6) is 0 Å². The Bertz CT molecular complexity index is 902. The standard InChI is InChI=1S/C12H15N7O5S/c1-12(2,3)11(20)15-18-25(23,24)9-5-4-7(6-8(9)19(21)22)10-13-16-17-14-10/h4-6,18H,1-3H3,(H,15,20)(H,13,14,16,17). The lowest BCUT2D eigenvalue weighted by Crippen LogP contribution is -2.46. The number of carbonyl (C=O) groups excluding carboxylic acids is 1. The highest BCUT2D eigenvalue weighted by Crippen LogP contribution is 2.28. The molecule has 0 atom stereocenters. The first-order chi connectivity index (χ1) is 11.5. The number of aromatic nitrogens is 4. The number of hydrazine groups is 1. The van der Waals surface area contributed by atoms with E-state index in [9.17, 15) is 23.3 Å². The summed E-state index contributed by atoms with van der Waals surface area (Å²) in [7, 11) is -4.36. The third-order valence-corrected chi connectivity index (χ3v) is 4.32. The largest absolute Gasteiger partial charge is 0.290 e. The average Bonchev–Trinajstić information content (AvgIpc) is 3.05. The Kier molecular flexibility index (Phi) is 4.80. The molecule has 1 aromatic heterocycles. The van der Waals surface area contributed by atoms with Crippen molar-refractivity contribution in [3.63, 3.8) is 0 Å². The fourth-order valence-corrected chi connectivity index (χ4v) is 2.66. The predicted octanol–water partition coefficient (Wildman–Crippen LogP) is 0.131. The van der Waals surface area contributed by atoms with Gasteiger partial charge in [-0.05, 0) is 17.3 Å². The zero-order valence-electron chi connectivity index (χ0n) is 13.5. The monoisotopic (exact) mass is 369 g/mol. The van der Waals surface area contributed by atoms with Crippen LogP contribution in [0.4, 0.5) is 5.69 Å². The van der Waals surface area contributed by atoms with E-state index < -0.39 is 36.9 Å². The molecular weight excluding hydrogens is 354 g/mol. The van der Waals surface area contributed by atoms with E-state index in [2.05, 4.69) is 20.6 Å². The summed E-state index contributed by atoms with van der Waals surface area (Å²) in [4.78, 5) is 23.4. The van der Waals surface area contributed by atoms with Crippen LogP contribution in [0.3, 0.4) is 0 Å². The number of nitrogens with zero attached hydrogens (tertiary/aromatic N) is 4. The fourth-order valence-electron chi connectivity index (χ4n) is 1.67. The van der Waals surface area contributed by atoms with Crippen LogP contribution in [-0.2, 0) is 14.8 Å². The molecule has 25 heavy (non-hydrogen) atoms. The number of benzene rings is 1. The number of tetrazole rings is 1. The third kappa shape index (κ3) is 4.13. The molecule has 0 aliphatic carbocycles. The number of nitro benzene ring substituents is 1. The second-order valence-electron chi connectivity index (χ2n) is 5.98. The van der Waals surface area contributed by atoms with Gasteiger partial charge in [-0.3, -0.25) is 20.3 Å². The van der Waals surface area contributed by atoms with Gasteiger partial charge in [0.2, 0.25) is 11.7 Å². The number of hydrogen-bond acceptors (Lipinski definition) is 8. The molecule has 0 saturated carbocycles. The van der Waals surface area contributed by atoms with Crippen LogP contribution in [0.15, 0.2) is 23.1 Å². The van der Waals surface area contributed by atoms with Crippen molar-refractivity contribution in [1.29, 1.82) is 0 Å². The van der Waals surface area contributed by atoms with E-state index >= 15 is 0 Å². The summed E-state index contributed by atoms with van der Waals surface area (Å²) < 4.78 is 24.6. The van der Waals surface area contributed by atoms with Crippen LogP contribution in [0.2, 0.25) is 0 Å². The lowest BCUT2D eigenvalue weighted by atomic mass is 9.96. The van der Waals surface area contributed by atoms with E-state index in [1.54, 1.807) is 20.8 Å². The van der Waals surface area contributed by atoms with Gasteiger partial charge in [0.1, 0.15) is 0 Å². The molecule has 0 unspecified atom stereocenters. The summed E-state index contributed by atoms with van der Waals surface area (Å²) in [5.41, 5.74) is 0.692. The van der Waals surface area contributed by atoms with E-state index in [-0.39, 0.29) is 11.4 Å². The fraction of sp³-hybridized carbons (Fsp3) is 0.333. The number of rotatable bonds is 5. The number of carbonyl (C=O) groups is 1. The van der Waals surface area contributed by atoms with Gasteiger partial charge in [-0.15, -0.1) is 15.0 Å². The Hall–Kier alpha value is -2.93. The summed E-state index contributed by atoms with van der Waals surface area (Å²) in [5, 5.41) is 24.1. The van der Waals surface area contributed by atoms with Crippen molar-refractivity contribution in [2.24, 2.45) is 5.41 Å². The van der Waals surface area contributed by atoms with Gasteiger partial charge >= 0.3 is 0 Å². The Morgan fingerprint density at radius 3 is 2.52 bits per heavy atom. The predicted molar refractivity (Wildman–Crippen MR) is 84.2 cm³/mol. The van der Waals surface area contributed by atoms with Crippen LogP contribution in [0.1, 0.15) is 20.8 Å². The molecule has 0 bridgehead atoms. The van der Waals surface area contributed by atoms with Gasteiger partial charge in [0.05, 0.1) is 4.92 Å². The molecule has 13 heteroatoms. The average molecular weight is 369 g/mol. The Labute approximate surface area is 142 Å².